The summed E-state index contributed by atoms with van der Waals surface area (Å²) >= 11 is 0. The Kier molecular flexibility index (Phi) is 5.86. The van der Waals surface area contributed by atoms with Crippen LogP contribution >= 0.6 is 0 Å². The van der Waals surface area contributed by atoms with Crippen LogP contribution in [0.25, 0.3) is 22.3 Å². The van der Waals surface area contributed by atoms with Crippen LogP contribution in [-0.2, 0) is 14.3 Å². The standard InChI is InChI=1S/C22H22O3S/c1-2-3-17-25-26(23,24)22-20(18-11-6-4-7-12-18)15-10-16-21(22)19-13-8-5-9-14-19/h4-16H,2-3,17H2,1H3. The van der Waals surface area contributed by atoms with Crippen LogP contribution in [0.2, 0.25) is 0 Å². The molecule has 3 nitrogen and oxygen atoms in total. The second-order valence-corrected chi connectivity index (χ2v) is 7.60. The fraction of sp³-hybridized carbons (Fsp3) is 0.182. The van der Waals surface area contributed by atoms with Crippen LogP contribution < -0.4 is 0 Å². The van der Waals surface area contributed by atoms with Gasteiger partial charge < -0.3 is 0 Å². The van der Waals surface area contributed by atoms with Gasteiger partial charge in [-0.15, -0.1) is 0 Å². The highest BCUT2D eigenvalue weighted by atomic mass is 32.2. The Morgan fingerprint density at radius 1 is 0.731 bits per heavy atom. The minimum Gasteiger partial charge on any atom is -0.266 e. The molecule has 3 aromatic rings. The van der Waals surface area contributed by atoms with Crippen LogP contribution in [0.4, 0.5) is 0 Å². The lowest BCUT2D eigenvalue weighted by Gasteiger charge is -2.16. The molecule has 0 saturated carbocycles. The number of hydrogen-bond donors (Lipinski definition) is 0. The van der Waals surface area contributed by atoms with Crippen LogP contribution in [-0.4, -0.2) is 15.0 Å². The first kappa shape index (κ1) is 18.4. The third-order valence-corrected chi connectivity index (χ3v) is 5.59. The highest BCUT2D eigenvalue weighted by Gasteiger charge is 2.25. The molecule has 0 aromatic heterocycles. The average molecular weight is 366 g/mol. The predicted octanol–water partition coefficient (Wildman–Crippen LogP) is 5.53. The zero-order valence-electron chi connectivity index (χ0n) is 14.8. The SMILES string of the molecule is CCCCOS(=O)(=O)c1c(-c2ccccc2)cccc1-c1ccccc1. The van der Waals surface area contributed by atoms with Crippen molar-refractivity contribution < 1.29 is 12.6 Å². The number of unbranched alkanes of at least 4 members (excludes halogenated alkanes) is 1. The van der Waals surface area contributed by atoms with Gasteiger partial charge in [0, 0.05) is 11.1 Å². The maximum Gasteiger partial charge on any atom is 0.298 e. The minimum absolute atomic E-state index is 0.191. The van der Waals surface area contributed by atoms with Gasteiger partial charge in [-0.1, -0.05) is 92.2 Å². The molecule has 0 heterocycles. The smallest absolute Gasteiger partial charge is 0.266 e. The number of hydrogen-bond acceptors (Lipinski definition) is 3. The Hall–Kier alpha value is -2.43. The quantitative estimate of drug-likeness (QED) is 0.408. The van der Waals surface area contributed by atoms with Crippen molar-refractivity contribution in [3.05, 3.63) is 78.9 Å². The molecule has 0 saturated heterocycles. The van der Waals surface area contributed by atoms with Crippen LogP contribution in [0.15, 0.2) is 83.8 Å². The van der Waals surface area contributed by atoms with Gasteiger partial charge in [-0.25, -0.2) is 0 Å². The molecule has 3 aromatic carbocycles. The van der Waals surface area contributed by atoms with Crippen molar-refractivity contribution in [1.29, 1.82) is 0 Å². The fourth-order valence-electron chi connectivity index (χ4n) is 2.87. The first-order valence-electron chi connectivity index (χ1n) is 8.77. The third kappa shape index (κ3) is 4.03. The summed E-state index contributed by atoms with van der Waals surface area (Å²) < 4.78 is 31.5. The molecular weight excluding hydrogens is 344 g/mol. The summed E-state index contributed by atoms with van der Waals surface area (Å²) in [6.45, 7) is 2.19. The normalized spacial score (nSPS) is 11.4. The van der Waals surface area contributed by atoms with E-state index in [1.54, 1.807) is 0 Å². The molecular formula is C22H22O3S. The third-order valence-electron chi connectivity index (χ3n) is 4.17. The van der Waals surface area contributed by atoms with E-state index in [-0.39, 0.29) is 11.5 Å². The first-order valence-corrected chi connectivity index (χ1v) is 10.2. The van der Waals surface area contributed by atoms with Crippen LogP contribution in [0.5, 0.6) is 0 Å². The summed E-state index contributed by atoms with van der Waals surface area (Å²) in [5, 5.41) is 0. The Bertz CT molecular complexity index is 891. The molecule has 3 rings (SSSR count). The van der Waals surface area contributed by atoms with Crippen molar-refractivity contribution in [1.82, 2.24) is 0 Å². The van der Waals surface area contributed by atoms with Gasteiger partial charge in [-0.2, -0.15) is 8.42 Å². The predicted molar refractivity (Wildman–Crippen MR) is 105 cm³/mol. The minimum atomic E-state index is -3.89. The zero-order chi connectivity index (χ0) is 18.4. The molecule has 4 heteroatoms. The van der Waals surface area contributed by atoms with E-state index in [2.05, 4.69) is 0 Å². The van der Waals surface area contributed by atoms with Crippen molar-refractivity contribution in [3.8, 4) is 22.3 Å². The lowest BCUT2D eigenvalue weighted by Crippen LogP contribution is -2.10. The number of rotatable bonds is 7. The van der Waals surface area contributed by atoms with E-state index >= 15 is 0 Å². The molecule has 0 amide bonds. The maximum atomic E-state index is 13.1. The van der Waals surface area contributed by atoms with E-state index < -0.39 is 10.1 Å². The van der Waals surface area contributed by atoms with Gasteiger partial charge >= 0.3 is 0 Å². The van der Waals surface area contributed by atoms with Gasteiger partial charge in [-0.3, -0.25) is 4.18 Å². The van der Waals surface area contributed by atoms with Crippen molar-refractivity contribution in [3.63, 3.8) is 0 Å². The Morgan fingerprint density at radius 3 is 1.69 bits per heavy atom. The van der Waals surface area contributed by atoms with Gasteiger partial charge in [-0.05, 0) is 17.5 Å². The first-order chi connectivity index (χ1) is 12.6. The average Bonchev–Trinajstić information content (AvgIpc) is 2.69. The number of benzene rings is 3. The lowest BCUT2D eigenvalue weighted by molar-refractivity contribution is 0.311. The van der Waals surface area contributed by atoms with E-state index in [0.29, 0.717) is 17.5 Å². The second kappa shape index (κ2) is 8.30. The molecule has 0 radical (unpaired) electrons. The van der Waals surface area contributed by atoms with Crippen molar-refractivity contribution in [2.45, 2.75) is 24.7 Å². The molecule has 134 valence electrons. The van der Waals surface area contributed by atoms with Gasteiger partial charge in [0.25, 0.3) is 10.1 Å². The van der Waals surface area contributed by atoms with E-state index in [4.69, 9.17) is 4.18 Å². The molecule has 0 aliphatic carbocycles. The lowest BCUT2D eigenvalue weighted by atomic mass is 9.99. The van der Waals surface area contributed by atoms with E-state index in [1.807, 2.05) is 85.8 Å². The molecule has 0 unspecified atom stereocenters. The van der Waals surface area contributed by atoms with Crippen molar-refractivity contribution in [2.75, 3.05) is 6.61 Å². The summed E-state index contributed by atoms with van der Waals surface area (Å²) in [7, 11) is -3.89. The summed E-state index contributed by atoms with van der Waals surface area (Å²) in [5.74, 6) is 0. The Morgan fingerprint density at radius 2 is 1.23 bits per heavy atom. The fourth-order valence-corrected chi connectivity index (χ4v) is 4.23. The van der Waals surface area contributed by atoms with Crippen molar-refractivity contribution in [2.24, 2.45) is 0 Å². The summed E-state index contributed by atoms with van der Waals surface area (Å²) in [5.41, 5.74) is 3.01. The van der Waals surface area contributed by atoms with E-state index in [0.717, 1.165) is 17.5 Å². The summed E-state index contributed by atoms with van der Waals surface area (Å²) in [4.78, 5) is 0.230. The van der Waals surface area contributed by atoms with Gasteiger partial charge in [0.1, 0.15) is 4.90 Å². The molecule has 0 fully saturated rings. The highest BCUT2D eigenvalue weighted by Crippen LogP contribution is 2.36. The van der Waals surface area contributed by atoms with Gasteiger partial charge in [0.05, 0.1) is 6.61 Å². The molecule has 0 N–H and O–H groups in total. The summed E-state index contributed by atoms with van der Waals surface area (Å²) in [6.07, 6.45) is 1.58. The topological polar surface area (TPSA) is 43.4 Å². The van der Waals surface area contributed by atoms with Crippen LogP contribution in [0.3, 0.4) is 0 Å². The molecule has 0 atom stereocenters. The summed E-state index contributed by atoms with van der Waals surface area (Å²) in [6, 6.07) is 24.6. The van der Waals surface area contributed by atoms with Crippen LogP contribution in [0, 0.1) is 0 Å². The highest BCUT2D eigenvalue weighted by molar-refractivity contribution is 7.87. The zero-order valence-corrected chi connectivity index (χ0v) is 15.6. The largest absolute Gasteiger partial charge is 0.298 e. The maximum absolute atomic E-state index is 13.1. The molecule has 0 bridgehead atoms. The molecule has 0 aliphatic heterocycles. The molecule has 0 spiro atoms. The van der Waals surface area contributed by atoms with Gasteiger partial charge in [0.15, 0.2) is 0 Å². The monoisotopic (exact) mass is 366 g/mol. The van der Waals surface area contributed by atoms with Gasteiger partial charge in [0.2, 0.25) is 0 Å². The Balaban J connectivity index is 2.21. The molecule has 0 aliphatic rings. The van der Waals surface area contributed by atoms with E-state index in [1.165, 1.54) is 0 Å². The van der Waals surface area contributed by atoms with Crippen molar-refractivity contribution >= 4 is 10.1 Å². The molecule has 26 heavy (non-hydrogen) atoms. The van der Waals surface area contributed by atoms with E-state index in [9.17, 15) is 8.42 Å². The van der Waals surface area contributed by atoms with Crippen LogP contribution in [0.1, 0.15) is 19.8 Å². The Labute approximate surface area is 155 Å². The second-order valence-electron chi connectivity index (χ2n) is 6.04.